The van der Waals surface area contributed by atoms with E-state index in [1.165, 1.54) is 28.3 Å². The molecule has 1 fully saturated rings. The van der Waals surface area contributed by atoms with Crippen LogP contribution in [-0.4, -0.2) is 51.8 Å². The highest BCUT2D eigenvalue weighted by molar-refractivity contribution is 7.89. The van der Waals surface area contributed by atoms with Gasteiger partial charge in [0, 0.05) is 11.1 Å². The number of rotatable bonds is 6. The second-order valence-corrected chi connectivity index (χ2v) is 8.66. The fourth-order valence-corrected chi connectivity index (χ4v) is 4.79. The van der Waals surface area contributed by atoms with Gasteiger partial charge in [0.15, 0.2) is 5.78 Å². The standard InChI is InChI=1S/C20H24N2O4S/c1-16(23)17-7-9-19(10-8-17)27(24,25)22-13-11-21(12-14-22)15-18-5-3-4-6-20(18)26-2/h3-10H,11-15H2,1-2H3/p+1. The number of nitrogens with zero attached hydrogens (tertiary/aromatic N) is 1. The first-order chi connectivity index (χ1) is 12.9. The molecule has 3 rings (SSSR count). The molecule has 1 heterocycles. The molecule has 0 saturated carbocycles. The van der Waals surface area contributed by atoms with Crippen molar-refractivity contribution in [3.8, 4) is 5.75 Å². The van der Waals surface area contributed by atoms with Gasteiger partial charge in [-0.2, -0.15) is 4.31 Å². The van der Waals surface area contributed by atoms with Gasteiger partial charge >= 0.3 is 0 Å². The van der Waals surface area contributed by atoms with E-state index in [0.29, 0.717) is 18.7 Å². The summed E-state index contributed by atoms with van der Waals surface area (Å²) in [5, 5.41) is 0. The number of methoxy groups -OCH3 is 1. The van der Waals surface area contributed by atoms with Crippen LogP contribution in [0.4, 0.5) is 0 Å². The largest absolute Gasteiger partial charge is 0.496 e. The fourth-order valence-electron chi connectivity index (χ4n) is 3.35. The molecular weight excluding hydrogens is 364 g/mol. The van der Waals surface area contributed by atoms with Crippen LogP contribution in [-0.2, 0) is 16.6 Å². The van der Waals surface area contributed by atoms with Crippen molar-refractivity contribution in [1.82, 2.24) is 4.31 Å². The first kappa shape index (κ1) is 19.5. The number of para-hydroxylation sites is 1. The number of piperazine rings is 1. The molecule has 6 nitrogen and oxygen atoms in total. The number of sulfonamides is 1. The molecule has 1 aliphatic rings. The Balaban J connectivity index is 1.65. The van der Waals surface area contributed by atoms with E-state index < -0.39 is 10.0 Å². The third-order valence-electron chi connectivity index (χ3n) is 4.96. The van der Waals surface area contributed by atoms with Crippen molar-refractivity contribution < 1.29 is 22.8 Å². The summed E-state index contributed by atoms with van der Waals surface area (Å²) in [6.07, 6.45) is 0. The lowest BCUT2D eigenvalue weighted by atomic mass is 10.2. The van der Waals surface area contributed by atoms with Gasteiger partial charge in [0.25, 0.3) is 0 Å². The molecule has 1 aliphatic heterocycles. The molecule has 2 aromatic rings. The summed E-state index contributed by atoms with van der Waals surface area (Å²) in [4.78, 5) is 12.9. The molecule has 1 saturated heterocycles. The predicted molar refractivity (Wildman–Crippen MR) is 103 cm³/mol. The van der Waals surface area contributed by atoms with E-state index in [2.05, 4.69) is 0 Å². The number of nitrogens with one attached hydrogen (secondary N) is 1. The number of hydrogen-bond donors (Lipinski definition) is 1. The minimum atomic E-state index is -3.53. The second kappa shape index (κ2) is 8.21. The van der Waals surface area contributed by atoms with Crippen LogP contribution in [0.3, 0.4) is 0 Å². The molecule has 0 aliphatic carbocycles. The van der Waals surface area contributed by atoms with Gasteiger partial charge in [0.2, 0.25) is 10.0 Å². The molecule has 0 radical (unpaired) electrons. The smallest absolute Gasteiger partial charge is 0.243 e. The van der Waals surface area contributed by atoms with E-state index >= 15 is 0 Å². The maximum atomic E-state index is 12.8. The van der Waals surface area contributed by atoms with Crippen molar-refractivity contribution in [3.63, 3.8) is 0 Å². The quantitative estimate of drug-likeness (QED) is 0.748. The van der Waals surface area contributed by atoms with Gasteiger partial charge in [0.05, 0.1) is 38.2 Å². The fraction of sp³-hybridized carbons (Fsp3) is 0.350. The van der Waals surface area contributed by atoms with Gasteiger partial charge in [0.1, 0.15) is 12.3 Å². The summed E-state index contributed by atoms with van der Waals surface area (Å²) in [6, 6.07) is 14.1. The highest BCUT2D eigenvalue weighted by Crippen LogP contribution is 2.18. The molecule has 0 amide bonds. The first-order valence-corrected chi connectivity index (χ1v) is 10.4. The van der Waals surface area contributed by atoms with Crippen molar-refractivity contribution in [1.29, 1.82) is 0 Å². The molecular formula is C20H25N2O4S+. The Morgan fingerprint density at radius 2 is 1.70 bits per heavy atom. The maximum Gasteiger partial charge on any atom is 0.243 e. The summed E-state index contributed by atoms with van der Waals surface area (Å²) >= 11 is 0. The number of hydrogen-bond acceptors (Lipinski definition) is 4. The van der Waals surface area contributed by atoms with Crippen LogP contribution in [0.15, 0.2) is 53.4 Å². The summed E-state index contributed by atoms with van der Waals surface area (Å²) in [5.41, 5.74) is 1.64. The molecule has 0 spiro atoms. The first-order valence-electron chi connectivity index (χ1n) is 8.98. The lowest BCUT2D eigenvalue weighted by Crippen LogP contribution is -3.13. The Morgan fingerprint density at radius 3 is 2.30 bits per heavy atom. The number of ketones is 1. The van der Waals surface area contributed by atoms with Gasteiger partial charge in [-0.05, 0) is 31.2 Å². The monoisotopic (exact) mass is 389 g/mol. The van der Waals surface area contributed by atoms with Crippen molar-refractivity contribution in [2.24, 2.45) is 0 Å². The lowest BCUT2D eigenvalue weighted by molar-refractivity contribution is -0.917. The minimum Gasteiger partial charge on any atom is -0.496 e. The van der Waals surface area contributed by atoms with E-state index in [4.69, 9.17) is 4.74 Å². The van der Waals surface area contributed by atoms with Crippen LogP contribution in [0.1, 0.15) is 22.8 Å². The van der Waals surface area contributed by atoms with E-state index in [1.54, 1.807) is 19.2 Å². The van der Waals surface area contributed by atoms with Crippen LogP contribution < -0.4 is 9.64 Å². The Labute approximate surface area is 160 Å². The average Bonchev–Trinajstić information content (AvgIpc) is 2.69. The average molecular weight is 389 g/mol. The van der Waals surface area contributed by atoms with Crippen LogP contribution in [0.25, 0.3) is 0 Å². The summed E-state index contributed by atoms with van der Waals surface area (Å²) < 4.78 is 32.6. The molecule has 7 heteroatoms. The molecule has 144 valence electrons. The molecule has 27 heavy (non-hydrogen) atoms. The van der Waals surface area contributed by atoms with Crippen LogP contribution >= 0.6 is 0 Å². The van der Waals surface area contributed by atoms with Gasteiger partial charge < -0.3 is 9.64 Å². The minimum absolute atomic E-state index is 0.0764. The van der Waals surface area contributed by atoms with Gasteiger partial charge in [-0.1, -0.05) is 24.3 Å². The third-order valence-corrected chi connectivity index (χ3v) is 6.87. The summed E-state index contributed by atoms with van der Waals surface area (Å²) in [6.45, 7) is 4.70. The number of ether oxygens (including phenoxy) is 1. The van der Waals surface area contributed by atoms with Crippen LogP contribution in [0.2, 0.25) is 0 Å². The van der Waals surface area contributed by atoms with Gasteiger partial charge in [-0.3, -0.25) is 4.79 Å². The number of Topliss-reactive ketones (excluding diaryl/α,β-unsaturated/α-hetero) is 1. The zero-order valence-corrected chi connectivity index (χ0v) is 16.5. The molecule has 2 aromatic carbocycles. The summed E-state index contributed by atoms with van der Waals surface area (Å²) in [5.74, 6) is 0.790. The second-order valence-electron chi connectivity index (χ2n) is 6.72. The molecule has 0 atom stereocenters. The van der Waals surface area contributed by atoms with Crippen LogP contribution in [0, 0.1) is 0 Å². The maximum absolute atomic E-state index is 12.8. The Hall–Kier alpha value is -2.22. The highest BCUT2D eigenvalue weighted by Gasteiger charge is 2.30. The van der Waals surface area contributed by atoms with Crippen molar-refractivity contribution >= 4 is 15.8 Å². The lowest BCUT2D eigenvalue weighted by Gasteiger charge is -2.31. The van der Waals surface area contributed by atoms with Gasteiger partial charge in [-0.15, -0.1) is 0 Å². The van der Waals surface area contributed by atoms with E-state index in [1.807, 2.05) is 24.3 Å². The Kier molecular flexibility index (Phi) is 5.94. The zero-order valence-electron chi connectivity index (χ0n) is 15.6. The van der Waals surface area contributed by atoms with E-state index in [0.717, 1.165) is 30.9 Å². The number of quaternary nitrogens is 1. The van der Waals surface area contributed by atoms with Crippen molar-refractivity contribution in [2.75, 3.05) is 33.3 Å². The third kappa shape index (κ3) is 4.37. The topological polar surface area (TPSA) is 68.1 Å². The number of carbonyl (C=O) groups is 1. The Morgan fingerprint density at radius 1 is 1.07 bits per heavy atom. The SMILES string of the molecule is COc1ccccc1C[NH+]1CCN(S(=O)(=O)c2ccc(C(C)=O)cc2)CC1. The molecule has 0 aromatic heterocycles. The Bertz CT molecular complexity index is 902. The van der Waals surface area contributed by atoms with E-state index in [-0.39, 0.29) is 10.7 Å². The molecule has 0 unspecified atom stereocenters. The normalized spacial score (nSPS) is 16.2. The number of carbonyl (C=O) groups excluding carboxylic acids is 1. The zero-order chi connectivity index (χ0) is 19.4. The molecule has 1 N–H and O–H groups in total. The van der Waals surface area contributed by atoms with Crippen molar-refractivity contribution in [3.05, 3.63) is 59.7 Å². The van der Waals surface area contributed by atoms with Gasteiger partial charge in [-0.25, -0.2) is 8.42 Å². The summed E-state index contributed by atoms with van der Waals surface area (Å²) in [7, 11) is -1.87. The molecule has 0 bridgehead atoms. The number of benzene rings is 2. The van der Waals surface area contributed by atoms with Crippen LogP contribution in [0.5, 0.6) is 5.75 Å². The van der Waals surface area contributed by atoms with Crippen molar-refractivity contribution in [2.45, 2.75) is 18.4 Å². The highest BCUT2D eigenvalue weighted by atomic mass is 32.2. The predicted octanol–water partition coefficient (Wildman–Crippen LogP) is 0.987. The van der Waals surface area contributed by atoms with E-state index in [9.17, 15) is 13.2 Å².